The molecule has 6 nitrogen and oxygen atoms in total. The molecule has 0 aromatic heterocycles. The number of aliphatic imine (C=N–C) groups is 1. The third-order valence-electron chi connectivity index (χ3n) is 4.54. The Hall–Kier alpha value is -2.08. The monoisotopic (exact) mass is 360 g/mol. The molecule has 0 spiro atoms. The van der Waals surface area contributed by atoms with Crippen molar-refractivity contribution in [2.75, 3.05) is 25.0 Å². The van der Waals surface area contributed by atoms with Gasteiger partial charge in [-0.1, -0.05) is 26.0 Å². The van der Waals surface area contributed by atoms with Crippen LogP contribution in [0, 0.1) is 5.92 Å². The molecule has 0 radical (unpaired) electrons. The summed E-state index contributed by atoms with van der Waals surface area (Å²) in [5.74, 6) is 0.857. The van der Waals surface area contributed by atoms with Gasteiger partial charge in [0.05, 0.1) is 12.6 Å². The quantitative estimate of drug-likeness (QED) is 0.492. The van der Waals surface area contributed by atoms with E-state index < -0.39 is 0 Å². The van der Waals surface area contributed by atoms with Gasteiger partial charge in [0.1, 0.15) is 0 Å². The Morgan fingerprint density at radius 3 is 2.88 bits per heavy atom. The topological polar surface area (TPSA) is 74.8 Å². The summed E-state index contributed by atoms with van der Waals surface area (Å²) in [6.45, 7) is 8.99. The van der Waals surface area contributed by atoms with Crippen molar-refractivity contribution in [1.82, 2.24) is 10.6 Å². The first-order valence-electron chi connectivity index (χ1n) is 9.66. The lowest BCUT2D eigenvalue weighted by Gasteiger charge is -2.15. The zero-order chi connectivity index (χ0) is 18.8. The van der Waals surface area contributed by atoms with Crippen LogP contribution in [0.4, 0.5) is 5.69 Å². The minimum atomic E-state index is 0.0130. The maximum atomic E-state index is 12.0. The number of amides is 1. The number of rotatable bonds is 8. The van der Waals surface area contributed by atoms with E-state index >= 15 is 0 Å². The summed E-state index contributed by atoms with van der Waals surface area (Å²) in [5.41, 5.74) is 1.88. The van der Waals surface area contributed by atoms with Crippen molar-refractivity contribution in [3.63, 3.8) is 0 Å². The van der Waals surface area contributed by atoms with Gasteiger partial charge in [-0.2, -0.15) is 0 Å². The maximum absolute atomic E-state index is 12.0. The molecule has 1 aliphatic heterocycles. The first-order chi connectivity index (χ1) is 12.6. The molecular weight excluding hydrogens is 328 g/mol. The first-order valence-corrected chi connectivity index (χ1v) is 9.66. The number of nitrogens with zero attached hydrogens (tertiary/aromatic N) is 1. The van der Waals surface area contributed by atoms with Gasteiger partial charge in [-0.05, 0) is 43.9 Å². The van der Waals surface area contributed by atoms with Crippen molar-refractivity contribution < 1.29 is 9.53 Å². The highest BCUT2D eigenvalue weighted by molar-refractivity contribution is 5.92. The minimum Gasteiger partial charge on any atom is -0.376 e. The smallest absolute Gasteiger partial charge is 0.227 e. The predicted octanol–water partition coefficient (Wildman–Crippen LogP) is 2.91. The Morgan fingerprint density at radius 1 is 1.35 bits per heavy atom. The van der Waals surface area contributed by atoms with Crippen molar-refractivity contribution in [3.8, 4) is 0 Å². The molecule has 6 heteroatoms. The first kappa shape index (κ1) is 20.2. The summed E-state index contributed by atoms with van der Waals surface area (Å²) in [5, 5.41) is 9.58. The van der Waals surface area contributed by atoms with E-state index in [0.29, 0.717) is 6.54 Å². The summed E-state index contributed by atoms with van der Waals surface area (Å²) in [7, 11) is 0. The fourth-order valence-corrected chi connectivity index (χ4v) is 2.73. The number of hydrogen-bond acceptors (Lipinski definition) is 3. The molecule has 3 N–H and O–H groups in total. The lowest BCUT2D eigenvalue weighted by atomic mass is 10.1. The molecule has 1 fully saturated rings. The molecule has 1 heterocycles. The Labute approximate surface area is 156 Å². The molecule has 1 amide bonds. The fraction of sp³-hybridized carbons (Fsp3) is 0.600. The van der Waals surface area contributed by atoms with Gasteiger partial charge in [0.25, 0.3) is 0 Å². The highest BCUT2D eigenvalue weighted by atomic mass is 16.5. The van der Waals surface area contributed by atoms with Crippen LogP contribution in [-0.4, -0.2) is 37.7 Å². The number of nitrogens with one attached hydrogen (secondary N) is 3. The molecule has 0 aliphatic carbocycles. The molecule has 1 aromatic rings. The molecule has 144 valence electrons. The number of carbonyl (C=O) groups is 1. The number of anilines is 1. The molecule has 0 bridgehead atoms. The molecule has 2 unspecified atom stereocenters. The molecule has 2 rings (SSSR count). The van der Waals surface area contributed by atoms with Gasteiger partial charge in [-0.15, -0.1) is 0 Å². The highest BCUT2D eigenvalue weighted by Gasteiger charge is 2.15. The van der Waals surface area contributed by atoms with Crippen LogP contribution in [0.15, 0.2) is 29.3 Å². The zero-order valence-electron chi connectivity index (χ0n) is 16.2. The van der Waals surface area contributed by atoms with E-state index in [0.717, 1.165) is 56.2 Å². The summed E-state index contributed by atoms with van der Waals surface area (Å²) < 4.78 is 5.64. The van der Waals surface area contributed by atoms with Crippen LogP contribution in [0.2, 0.25) is 0 Å². The Kier molecular flexibility index (Phi) is 8.41. The van der Waals surface area contributed by atoms with Crippen LogP contribution < -0.4 is 16.0 Å². The average molecular weight is 361 g/mol. The number of benzene rings is 1. The van der Waals surface area contributed by atoms with E-state index in [-0.39, 0.29) is 17.9 Å². The molecule has 1 saturated heterocycles. The van der Waals surface area contributed by atoms with Gasteiger partial charge in [0.15, 0.2) is 5.96 Å². The summed E-state index contributed by atoms with van der Waals surface area (Å²) in [6, 6.07) is 7.86. The Morgan fingerprint density at radius 2 is 2.19 bits per heavy atom. The summed E-state index contributed by atoms with van der Waals surface area (Å²) in [6.07, 6.45) is 3.34. The normalized spacial score (nSPS) is 18.4. The minimum absolute atomic E-state index is 0.0130. The van der Waals surface area contributed by atoms with Crippen LogP contribution in [0.1, 0.15) is 45.6 Å². The van der Waals surface area contributed by atoms with Gasteiger partial charge in [0, 0.05) is 31.3 Å². The summed E-state index contributed by atoms with van der Waals surface area (Å²) >= 11 is 0. The van der Waals surface area contributed by atoms with Crippen molar-refractivity contribution in [3.05, 3.63) is 29.8 Å². The highest BCUT2D eigenvalue weighted by Crippen LogP contribution is 2.14. The third-order valence-corrected chi connectivity index (χ3v) is 4.54. The molecular formula is C20H32N4O2. The van der Waals surface area contributed by atoms with Crippen LogP contribution in [0.5, 0.6) is 0 Å². The lowest BCUT2D eigenvalue weighted by Crippen LogP contribution is -2.41. The Balaban J connectivity index is 1.92. The zero-order valence-corrected chi connectivity index (χ0v) is 16.2. The fourth-order valence-electron chi connectivity index (χ4n) is 2.73. The van der Waals surface area contributed by atoms with Crippen LogP contribution in [-0.2, 0) is 16.1 Å². The molecule has 1 aliphatic rings. The number of guanidine groups is 1. The third kappa shape index (κ3) is 6.67. The molecule has 0 saturated carbocycles. The van der Waals surface area contributed by atoms with E-state index in [1.54, 1.807) is 0 Å². The van der Waals surface area contributed by atoms with Gasteiger partial charge in [-0.3, -0.25) is 4.79 Å². The summed E-state index contributed by atoms with van der Waals surface area (Å²) in [4.78, 5) is 16.7. The molecule has 26 heavy (non-hydrogen) atoms. The second kappa shape index (κ2) is 10.8. The van der Waals surface area contributed by atoms with Gasteiger partial charge in [0.2, 0.25) is 5.91 Å². The average Bonchev–Trinajstić information content (AvgIpc) is 3.17. The number of hydrogen-bond donors (Lipinski definition) is 3. The van der Waals surface area contributed by atoms with Crippen molar-refractivity contribution in [1.29, 1.82) is 0 Å². The van der Waals surface area contributed by atoms with Crippen molar-refractivity contribution in [2.24, 2.45) is 10.9 Å². The van der Waals surface area contributed by atoms with Crippen LogP contribution >= 0.6 is 0 Å². The van der Waals surface area contributed by atoms with Crippen LogP contribution in [0.3, 0.4) is 0 Å². The van der Waals surface area contributed by atoms with Gasteiger partial charge in [-0.25, -0.2) is 4.99 Å². The van der Waals surface area contributed by atoms with E-state index in [9.17, 15) is 4.79 Å². The van der Waals surface area contributed by atoms with Crippen LogP contribution in [0.25, 0.3) is 0 Å². The van der Waals surface area contributed by atoms with Gasteiger partial charge < -0.3 is 20.7 Å². The lowest BCUT2D eigenvalue weighted by molar-refractivity contribution is -0.119. The second-order valence-electron chi connectivity index (χ2n) is 6.71. The SMILES string of the molecule is CCNC(=NCc1cccc(NC(=O)C(C)CC)c1)NCC1CCCO1. The Bertz CT molecular complexity index is 597. The van der Waals surface area contributed by atoms with E-state index in [1.807, 2.05) is 45.0 Å². The van der Waals surface area contributed by atoms with E-state index in [2.05, 4.69) is 20.9 Å². The largest absolute Gasteiger partial charge is 0.376 e. The number of ether oxygens (including phenoxy) is 1. The van der Waals surface area contributed by atoms with Crippen molar-refractivity contribution >= 4 is 17.6 Å². The maximum Gasteiger partial charge on any atom is 0.227 e. The standard InChI is InChI=1S/C20H32N4O2/c1-4-15(3)19(25)24-17-9-6-8-16(12-17)13-22-20(21-5-2)23-14-18-10-7-11-26-18/h6,8-9,12,15,18H,4-5,7,10-11,13-14H2,1-3H3,(H,24,25)(H2,21,22,23). The molecule has 2 atom stereocenters. The van der Waals surface area contributed by atoms with Gasteiger partial charge >= 0.3 is 0 Å². The molecule has 1 aromatic carbocycles. The number of carbonyl (C=O) groups excluding carboxylic acids is 1. The van der Waals surface area contributed by atoms with E-state index in [4.69, 9.17) is 4.74 Å². The predicted molar refractivity (Wildman–Crippen MR) is 106 cm³/mol. The van der Waals surface area contributed by atoms with E-state index in [1.165, 1.54) is 0 Å². The second-order valence-corrected chi connectivity index (χ2v) is 6.71. The van der Waals surface area contributed by atoms with Crippen molar-refractivity contribution in [2.45, 2.75) is 52.7 Å².